The van der Waals surface area contributed by atoms with Crippen LogP contribution in [0.5, 0.6) is 0 Å². The van der Waals surface area contributed by atoms with Crippen molar-refractivity contribution in [2.75, 3.05) is 31.1 Å². The first-order valence-electron chi connectivity index (χ1n) is 10.1. The quantitative estimate of drug-likeness (QED) is 0.605. The molecule has 2 aromatic heterocycles. The standard InChI is InChI=1S/C22H25ClN4O2S/c1-13(2)27-12-24-19-18(15(4)30-20(19)22(27)29)21(28)26-9-7-25(8-10-26)17-11-16(23)6-5-14(17)3/h5-6,11-13H,7-10H2,1-4H3. The highest BCUT2D eigenvalue weighted by atomic mass is 35.5. The minimum atomic E-state index is -0.0802. The molecule has 1 fully saturated rings. The van der Waals surface area contributed by atoms with Crippen LogP contribution in [0.1, 0.15) is 40.7 Å². The Morgan fingerprint density at radius 1 is 1.17 bits per heavy atom. The summed E-state index contributed by atoms with van der Waals surface area (Å²) in [5.74, 6) is -0.0459. The zero-order valence-electron chi connectivity index (χ0n) is 17.6. The Labute approximate surface area is 184 Å². The van der Waals surface area contributed by atoms with Crippen LogP contribution < -0.4 is 10.5 Å². The summed E-state index contributed by atoms with van der Waals surface area (Å²) in [7, 11) is 0. The van der Waals surface area contributed by atoms with Crippen LogP contribution >= 0.6 is 22.9 Å². The SMILES string of the molecule is Cc1ccc(Cl)cc1N1CCN(C(=O)c2c(C)sc3c(=O)n(C(C)C)cnc23)CC1. The number of carbonyl (C=O) groups is 1. The maximum atomic E-state index is 13.3. The van der Waals surface area contributed by atoms with Crippen LogP contribution in [0, 0.1) is 13.8 Å². The summed E-state index contributed by atoms with van der Waals surface area (Å²) in [4.78, 5) is 35.6. The monoisotopic (exact) mass is 444 g/mol. The topological polar surface area (TPSA) is 58.4 Å². The molecule has 1 aliphatic rings. The highest BCUT2D eigenvalue weighted by molar-refractivity contribution is 7.19. The maximum absolute atomic E-state index is 13.3. The minimum absolute atomic E-state index is 0.0268. The fraction of sp³-hybridized carbons (Fsp3) is 0.409. The molecule has 0 aliphatic carbocycles. The van der Waals surface area contributed by atoms with Crippen molar-refractivity contribution in [2.45, 2.75) is 33.7 Å². The number of halogens is 1. The molecular weight excluding hydrogens is 420 g/mol. The second-order valence-corrected chi connectivity index (χ2v) is 9.63. The van der Waals surface area contributed by atoms with E-state index in [0.717, 1.165) is 23.7 Å². The number of benzene rings is 1. The minimum Gasteiger partial charge on any atom is -0.368 e. The number of rotatable bonds is 3. The van der Waals surface area contributed by atoms with E-state index >= 15 is 0 Å². The molecule has 3 aromatic rings. The Kier molecular flexibility index (Phi) is 5.59. The van der Waals surface area contributed by atoms with Crippen molar-refractivity contribution in [1.29, 1.82) is 0 Å². The van der Waals surface area contributed by atoms with Gasteiger partial charge in [0.25, 0.3) is 11.5 Å². The number of amides is 1. The molecule has 0 bridgehead atoms. The number of aryl methyl sites for hydroxylation is 2. The Morgan fingerprint density at radius 2 is 1.87 bits per heavy atom. The lowest BCUT2D eigenvalue weighted by atomic mass is 10.1. The zero-order valence-corrected chi connectivity index (χ0v) is 19.2. The van der Waals surface area contributed by atoms with Crippen molar-refractivity contribution in [3.8, 4) is 0 Å². The summed E-state index contributed by atoms with van der Waals surface area (Å²) < 4.78 is 2.17. The van der Waals surface area contributed by atoms with E-state index in [0.29, 0.717) is 33.9 Å². The van der Waals surface area contributed by atoms with E-state index < -0.39 is 0 Å². The average Bonchev–Trinajstić information content (AvgIpc) is 3.06. The van der Waals surface area contributed by atoms with Gasteiger partial charge in [-0.25, -0.2) is 4.98 Å². The number of thiophene rings is 1. The van der Waals surface area contributed by atoms with Gasteiger partial charge in [0.2, 0.25) is 0 Å². The van der Waals surface area contributed by atoms with E-state index in [9.17, 15) is 9.59 Å². The summed E-state index contributed by atoms with van der Waals surface area (Å²) in [5.41, 5.74) is 3.29. The molecule has 8 heteroatoms. The molecule has 6 nitrogen and oxygen atoms in total. The molecule has 0 spiro atoms. The third-order valence-electron chi connectivity index (χ3n) is 5.65. The molecule has 0 atom stereocenters. The van der Waals surface area contributed by atoms with E-state index in [1.165, 1.54) is 16.9 Å². The number of carbonyl (C=O) groups excluding carboxylic acids is 1. The Morgan fingerprint density at radius 3 is 2.53 bits per heavy atom. The second-order valence-electron chi connectivity index (χ2n) is 7.97. The number of piperazine rings is 1. The zero-order chi connectivity index (χ0) is 21.6. The van der Waals surface area contributed by atoms with E-state index in [1.807, 2.05) is 43.9 Å². The average molecular weight is 445 g/mol. The normalized spacial score (nSPS) is 14.7. The van der Waals surface area contributed by atoms with Crippen LogP contribution in [0.4, 0.5) is 5.69 Å². The van der Waals surface area contributed by atoms with Crippen molar-refractivity contribution in [1.82, 2.24) is 14.5 Å². The van der Waals surface area contributed by atoms with Crippen LogP contribution in [0.15, 0.2) is 29.3 Å². The fourth-order valence-corrected chi connectivity index (χ4v) is 5.14. The number of hydrogen-bond donors (Lipinski definition) is 0. The van der Waals surface area contributed by atoms with Crippen molar-refractivity contribution < 1.29 is 4.79 Å². The summed E-state index contributed by atoms with van der Waals surface area (Å²) in [5, 5.41) is 0.715. The number of fused-ring (bicyclic) bond motifs is 1. The summed E-state index contributed by atoms with van der Waals surface area (Å²) in [6.07, 6.45) is 1.55. The van der Waals surface area contributed by atoms with Gasteiger partial charge < -0.3 is 9.80 Å². The van der Waals surface area contributed by atoms with Gasteiger partial charge in [-0.05, 0) is 45.4 Å². The van der Waals surface area contributed by atoms with E-state index in [1.54, 1.807) is 10.9 Å². The third-order valence-corrected chi connectivity index (χ3v) is 6.97. The smallest absolute Gasteiger partial charge is 0.271 e. The summed E-state index contributed by atoms with van der Waals surface area (Å²) in [6.45, 7) is 10.6. The number of aromatic nitrogens is 2. The molecule has 0 saturated carbocycles. The molecule has 4 rings (SSSR count). The molecule has 158 valence electrons. The van der Waals surface area contributed by atoms with Gasteiger partial charge in [-0.2, -0.15) is 0 Å². The molecule has 0 N–H and O–H groups in total. The van der Waals surface area contributed by atoms with Gasteiger partial charge in [-0.1, -0.05) is 17.7 Å². The highest BCUT2D eigenvalue weighted by Crippen LogP contribution is 2.30. The van der Waals surface area contributed by atoms with Crippen molar-refractivity contribution in [3.63, 3.8) is 0 Å². The first kappa shape index (κ1) is 20.9. The molecule has 1 amide bonds. The van der Waals surface area contributed by atoms with Gasteiger partial charge in [0.1, 0.15) is 10.2 Å². The van der Waals surface area contributed by atoms with Crippen molar-refractivity contribution >= 4 is 44.7 Å². The van der Waals surface area contributed by atoms with Gasteiger partial charge >= 0.3 is 0 Å². The number of hydrogen-bond acceptors (Lipinski definition) is 5. The molecule has 3 heterocycles. The molecule has 1 saturated heterocycles. The Bertz CT molecular complexity index is 1180. The molecular formula is C22H25ClN4O2S. The van der Waals surface area contributed by atoms with Gasteiger partial charge in [0, 0.05) is 47.8 Å². The first-order chi connectivity index (χ1) is 14.3. The van der Waals surface area contributed by atoms with Gasteiger partial charge in [0.15, 0.2) is 0 Å². The Balaban J connectivity index is 1.58. The molecule has 1 aromatic carbocycles. The van der Waals surface area contributed by atoms with Crippen molar-refractivity contribution in [3.05, 3.63) is 55.9 Å². The summed E-state index contributed by atoms with van der Waals surface area (Å²) in [6, 6.07) is 5.92. The van der Waals surface area contributed by atoms with Gasteiger partial charge in [-0.15, -0.1) is 11.3 Å². The lowest BCUT2D eigenvalue weighted by Crippen LogP contribution is -2.49. The second kappa shape index (κ2) is 8.04. The third kappa shape index (κ3) is 3.61. The van der Waals surface area contributed by atoms with Gasteiger partial charge in [0.05, 0.1) is 11.9 Å². The van der Waals surface area contributed by atoms with Crippen LogP contribution in [-0.2, 0) is 0 Å². The van der Waals surface area contributed by atoms with Crippen molar-refractivity contribution in [2.24, 2.45) is 0 Å². The van der Waals surface area contributed by atoms with E-state index in [4.69, 9.17) is 11.6 Å². The van der Waals surface area contributed by atoms with E-state index in [2.05, 4.69) is 16.8 Å². The highest BCUT2D eigenvalue weighted by Gasteiger charge is 2.28. The number of anilines is 1. The molecule has 0 unspecified atom stereocenters. The van der Waals surface area contributed by atoms with Crippen LogP contribution in [0.25, 0.3) is 10.2 Å². The van der Waals surface area contributed by atoms with Crippen LogP contribution in [0.2, 0.25) is 5.02 Å². The Hall–Kier alpha value is -2.38. The van der Waals surface area contributed by atoms with Crippen LogP contribution in [-0.4, -0.2) is 46.5 Å². The predicted octanol–water partition coefficient (Wildman–Crippen LogP) is 4.27. The fourth-order valence-electron chi connectivity index (χ4n) is 3.94. The lowest BCUT2D eigenvalue weighted by Gasteiger charge is -2.37. The van der Waals surface area contributed by atoms with E-state index in [-0.39, 0.29) is 17.5 Å². The summed E-state index contributed by atoms with van der Waals surface area (Å²) >= 11 is 7.54. The maximum Gasteiger partial charge on any atom is 0.271 e. The number of nitrogens with zero attached hydrogens (tertiary/aromatic N) is 4. The lowest BCUT2D eigenvalue weighted by molar-refractivity contribution is 0.0748. The first-order valence-corrected chi connectivity index (χ1v) is 11.3. The predicted molar refractivity (Wildman–Crippen MR) is 123 cm³/mol. The van der Waals surface area contributed by atoms with Gasteiger partial charge in [-0.3, -0.25) is 14.2 Å². The largest absolute Gasteiger partial charge is 0.368 e. The molecule has 0 radical (unpaired) electrons. The van der Waals surface area contributed by atoms with Crippen LogP contribution in [0.3, 0.4) is 0 Å². The molecule has 30 heavy (non-hydrogen) atoms. The molecule has 1 aliphatic heterocycles.